The summed E-state index contributed by atoms with van der Waals surface area (Å²) in [5.74, 6) is -0.811. The molecule has 1 aromatic heterocycles. The van der Waals surface area contributed by atoms with Gasteiger partial charge in [-0.1, -0.05) is 35.9 Å². The van der Waals surface area contributed by atoms with Gasteiger partial charge in [-0.25, -0.2) is 0 Å². The Bertz CT molecular complexity index is 875. The quantitative estimate of drug-likeness (QED) is 0.752. The number of fused-ring (bicyclic) bond motifs is 1. The van der Waals surface area contributed by atoms with Gasteiger partial charge in [-0.15, -0.1) is 0 Å². The number of hydrogen-bond acceptors (Lipinski definition) is 1. The minimum absolute atomic E-state index is 0.0200. The lowest BCUT2D eigenvalue weighted by Crippen LogP contribution is -2.01. The highest BCUT2D eigenvalue weighted by molar-refractivity contribution is 5.95. The van der Waals surface area contributed by atoms with Gasteiger partial charge in [0.1, 0.15) is 0 Å². The third kappa shape index (κ3) is 2.39. The second kappa shape index (κ2) is 5.34. The zero-order chi connectivity index (χ0) is 15.9. The van der Waals surface area contributed by atoms with E-state index >= 15 is 0 Å². The van der Waals surface area contributed by atoms with Crippen molar-refractivity contribution < 1.29 is 9.90 Å². The summed E-state index contributed by atoms with van der Waals surface area (Å²) in [5.41, 5.74) is 7.31. The molecule has 0 aliphatic heterocycles. The Morgan fingerprint density at radius 2 is 1.86 bits per heavy atom. The van der Waals surface area contributed by atoms with Crippen LogP contribution in [0, 0.1) is 20.8 Å². The summed E-state index contributed by atoms with van der Waals surface area (Å²) in [6, 6.07) is 12.3. The first-order valence-corrected chi connectivity index (χ1v) is 7.37. The van der Waals surface area contributed by atoms with Gasteiger partial charge in [0.15, 0.2) is 0 Å². The van der Waals surface area contributed by atoms with Crippen LogP contribution in [0.3, 0.4) is 0 Å². The lowest BCUT2D eigenvalue weighted by molar-refractivity contribution is -0.136. The van der Waals surface area contributed by atoms with Crippen LogP contribution in [-0.2, 0) is 11.2 Å². The van der Waals surface area contributed by atoms with E-state index in [1.165, 1.54) is 0 Å². The molecule has 3 rings (SSSR count). The highest BCUT2D eigenvalue weighted by atomic mass is 16.4. The molecule has 0 amide bonds. The fourth-order valence-corrected chi connectivity index (χ4v) is 2.99. The standard InChI is InChI=1S/C19H19NO2/c1-11-7-8-12(2)15(9-11)19-16(10-17(21)22)14-6-4-5-13(3)18(14)20-19/h4-9,20H,10H2,1-3H3,(H,21,22). The van der Waals surface area contributed by atoms with Crippen molar-refractivity contribution in [2.75, 3.05) is 0 Å². The van der Waals surface area contributed by atoms with Crippen LogP contribution in [0.4, 0.5) is 0 Å². The number of aromatic nitrogens is 1. The lowest BCUT2D eigenvalue weighted by Gasteiger charge is -2.08. The maximum atomic E-state index is 11.3. The number of H-pyrrole nitrogens is 1. The predicted molar refractivity (Wildman–Crippen MR) is 89.3 cm³/mol. The molecule has 3 heteroatoms. The molecule has 0 unspecified atom stereocenters. The van der Waals surface area contributed by atoms with E-state index in [-0.39, 0.29) is 6.42 Å². The molecule has 0 radical (unpaired) electrons. The molecule has 0 aliphatic rings. The van der Waals surface area contributed by atoms with Crippen LogP contribution in [0.25, 0.3) is 22.2 Å². The van der Waals surface area contributed by atoms with Crippen LogP contribution in [-0.4, -0.2) is 16.1 Å². The molecule has 0 aliphatic carbocycles. The maximum absolute atomic E-state index is 11.3. The number of rotatable bonds is 3. The van der Waals surface area contributed by atoms with Crippen molar-refractivity contribution >= 4 is 16.9 Å². The van der Waals surface area contributed by atoms with E-state index in [1.54, 1.807) is 0 Å². The molecule has 3 nitrogen and oxygen atoms in total. The largest absolute Gasteiger partial charge is 0.481 e. The molecule has 0 saturated heterocycles. The van der Waals surface area contributed by atoms with Crippen molar-refractivity contribution in [1.29, 1.82) is 0 Å². The summed E-state index contributed by atoms with van der Waals surface area (Å²) in [7, 11) is 0. The van der Waals surface area contributed by atoms with Crippen molar-refractivity contribution in [1.82, 2.24) is 4.98 Å². The van der Waals surface area contributed by atoms with E-state index in [0.29, 0.717) is 0 Å². The first-order chi connectivity index (χ1) is 10.5. The van der Waals surface area contributed by atoms with E-state index in [2.05, 4.69) is 30.1 Å². The van der Waals surface area contributed by atoms with Gasteiger partial charge in [-0.05, 0) is 43.5 Å². The van der Waals surface area contributed by atoms with Crippen LogP contribution >= 0.6 is 0 Å². The molecular formula is C19H19NO2. The van der Waals surface area contributed by atoms with Crippen molar-refractivity contribution in [2.24, 2.45) is 0 Å². The third-order valence-electron chi connectivity index (χ3n) is 4.14. The number of aryl methyl sites for hydroxylation is 3. The van der Waals surface area contributed by atoms with Gasteiger partial charge in [0, 0.05) is 16.5 Å². The molecule has 0 bridgehead atoms. The average molecular weight is 293 g/mol. The summed E-state index contributed by atoms with van der Waals surface area (Å²) >= 11 is 0. The molecule has 112 valence electrons. The number of carboxylic acids is 1. The zero-order valence-electron chi connectivity index (χ0n) is 13.0. The maximum Gasteiger partial charge on any atom is 0.307 e. The van der Waals surface area contributed by atoms with Crippen LogP contribution in [0.1, 0.15) is 22.3 Å². The summed E-state index contributed by atoms with van der Waals surface area (Å²) in [6.07, 6.45) is 0.0200. The molecule has 0 saturated carbocycles. The van der Waals surface area contributed by atoms with E-state index in [1.807, 2.05) is 32.0 Å². The Labute approximate surface area is 129 Å². The SMILES string of the molecule is Cc1ccc(C)c(-c2[nH]c3c(C)cccc3c2CC(=O)O)c1. The number of carbonyl (C=O) groups is 1. The van der Waals surface area contributed by atoms with Gasteiger partial charge in [0.25, 0.3) is 0 Å². The Morgan fingerprint density at radius 3 is 2.59 bits per heavy atom. The van der Waals surface area contributed by atoms with Gasteiger partial charge < -0.3 is 10.1 Å². The molecule has 0 spiro atoms. The summed E-state index contributed by atoms with van der Waals surface area (Å²) in [6.45, 7) is 6.14. The van der Waals surface area contributed by atoms with Crippen LogP contribution in [0.5, 0.6) is 0 Å². The number of para-hydroxylation sites is 1. The van der Waals surface area contributed by atoms with E-state index in [0.717, 1.165) is 44.4 Å². The van der Waals surface area contributed by atoms with Crippen molar-refractivity contribution in [2.45, 2.75) is 27.2 Å². The molecule has 0 fully saturated rings. The van der Waals surface area contributed by atoms with E-state index in [9.17, 15) is 9.90 Å². The minimum atomic E-state index is -0.811. The smallest absolute Gasteiger partial charge is 0.307 e. The van der Waals surface area contributed by atoms with Gasteiger partial charge in [0.2, 0.25) is 0 Å². The van der Waals surface area contributed by atoms with E-state index in [4.69, 9.17) is 0 Å². The number of aliphatic carboxylic acids is 1. The zero-order valence-corrected chi connectivity index (χ0v) is 13.0. The van der Waals surface area contributed by atoms with Gasteiger partial charge in [-0.3, -0.25) is 4.79 Å². The third-order valence-corrected chi connectivity index (χ3v) is 4.14. The van der Waals surface area contributed by atoms with Crippen molar-refractivity contribution in [3.63, 3.8) is 0 Å². The van der Waals surface area contributed by atoms with Crippen LogP contribution in [0.15, 0.2) is 36.4 Å². The predicted octanol–water partition coefficient (Wildman–Crippen LogP) is 4.39. The average Bonchev–Trinajstić information content (AvgIpc) is 2.81. The number of hydrogen-bond donors (Lipinski definition) is 2. The molecular weight excluding hydrogens is 274 g/mol. The normalized spacial score (nSPS) is 11.0. The second-order valence-electron chi connectivity index (χ2n) is 5.86. The summed E-state index contributed by atoms with van der Waals surface area (Å²) in [4.78, 5) is 14.8. The fraction of sp³-hybridized carbons (Fsp3) is 0.211. The molecule has 3 aromatic rings. The number of aromatic amines is 1. The second-order valence-corrected chi connectivity index (χ2v) is 5.86. The monoisotopic (exact) mass is 293 g/mol. The molecule has 22 heavy (non-hydrogen) atoms. The van der Waals surface area contributed by atoms with Crippen molar-refractivity contribution in [3.8, 4) is 11.3 Å². The lowest BCUT2D eigenvalue weighted by atomic mass is 9.97. The summed E-state index contributed by atoms with van der Waals surface area (Å²) < 4.78 is 0. The van der Waals surface area contributed by atoms with Gasteiger partial charge >= 0.3 is 5.97 Å². The first-order valence-electron chi connectivity index (χ1n) is 7.37. The minimum Gasteiger partial charge on any atom is -0.481 e. The Balaban J connectivity index is 2.35. The first kappa shape index (κ1) is 14.4. The molecule has 2 aromatic carbocycles. The Kier molecular flexibility index (Phi) is 3.49. The molecule has 2 N–H and O–H groups in total. The van der Waals surface area contributed by atoms with Crippen LogP contribution < -0.4 is 0 Å². The van der Waals surface area contributed by atoms with Gasteiger partial charge in [-0.2, -0.15) is 0 Å². The van der Waals surface area contributed by atoms with Crippen molar-refractivity contribution in [3.05, 3.63) is 58.7 Å². The number of carboxylic acid groups (broad SMARTS) is 1. The highest BCUT2D eigenvalue weighted by Gasteiger charge is 2.17. The number of nitrogens with one attached hydrogen (secondary N) is 1. The van der Waals surface area contributed by atoms with Crippen LogP contribution in [0.2, 0.25) is 0 Å². The molecule has 1 heterocycles. The van der Waals surface area contributed by atoms with Gasteiger partial charge in [0.05, 0.1) is 12.1 Å². The Morgan fingerprint density at radius 1 is 1.09 bits per heavy atom. The highest BCUT2D eigenvalue weighted by Crippen LogP contribution is 2.34. The van der Waals surface area contributed by atoms with E-state index < -0.39 is 5.97 Å². The topological polar surface area (TPSA) is 53.1 Å². The Hall–Kier alpha value is -2.55. The molecule has 0 atom stereocenters. The fourth-order valence-electron chi connectivity index (χ4n) is 2.99. The number of benzene rings is 2. The summed E-state index contributed by atoms with van der Waals surface area (Å²) in [5, 5.41) is 10.3.